The van der Waals surface area contributed by atoms with Crippen LogP contribution in [0.2, 0.25) is 0 Å². The highest BCUT2D eigenvalue weighted by atomic mass is 16.6. The SMILES string of the molecule is CC1CCCC2OC2(C)CC1. The van der Waals surface area contributed by atoms with E-state index in [2.05, 4.69) is 13.8 Å². The van der Waals surface area contributed by atoms with Gasteiger partial charge >= 0.3 is 0 Å². The number of rotatable bonds is 0. The molecule has 11 heavy (non-hydrogen) atoms. The molecule has 0 spiro atoms. The molecule has 2 fully saturated rings. The third-order valence-electron chi connectivity index (χ3n) is 3.33. The van der Waals surface area contributed by atoms with Crippen molar-refractivity contribution in [3.05, 3.63) is 0 Å². The zero-order valence-electron chi connectivity index (χ0n) is 7.60. The van der Waals surface area contributed by atoms with Crippen molar-refractivity contribution in [2.75, 3.05) is 0 Å². The van der Waals surface area contributed by atoms with Gasteiger partial charge in [0.15, 0.2) is 0 Å². The Morgan fingerprint density at radius 2 is 2.09 bits per heavy atom. The molecule has 2 aliphatic rings. The second-order valence-corrected chi connectivity index (χ2v) is 4.49. The fraction of sp³-hybridized carbons (Fsp3) is 1.00. The molecule has 0 bridgehead atoms. The Morgan fingerprint density at radius 3 is 2.91 bits per heavy atom. The van der Waals surface area contributed by atoms with Gasteiger partial charge in [0, 0.05) is 0 Å². The van der Waals surface area contributed by atoms with Crippen LogP contribution in [0.4, 0.5) is 0 Å². The van der Waals surface area contributed by atoms with E-state index in [4.69, 9.17) is 4.74 Å². The first-order valence-corrected chi connectivity index (χ1v) is 4.88. The van der Waals surface area contributed by atoms with Gasteiger partial charge in [0.2, 0.25) is 0 Å². The van der Waals surface area contributed by atoms with Gasteiger partial charge in [0.1, 0.15) is 0 Å². The fourth-order valence-corrected chi connectivity index (χ4v) is 2.20. The number of epoxide rings is 1. The highest BCUT2D eigenvalue weighted by molar-refractivity contribution is 4.99. The summed E-state index contributed by atoms with van der Waals surface area (Å²) in [6.45, 7) is 4.64. The Morgan fingerprint density at radius 1 is 1.27 bits per heavy atom. The molecule has 1 aliphatic heterocycles. The summed E-state index contributed by atoms with van der Waals surface area (Å²) in [5.74, 6) is 0.928. The minimum Gasteiger partial charge on any atom is -0.366 e. The molecule has 1 saturated heterocycles. The van der Waals surface area contributed by atoms with Crippen LogP contribution >= 0.6 is 0 Å². The van der Waals surface area contributed by atoms with E-state index in [0.717, 1.165) is 5.92 Å². The summed E-state index contributed by atoms with van der Waals surface area (Å²) in [6, 6.07) is 0. The van der Waals surface area contributed by atoms with E-state index in [1.54, 1.807) is 0 Å². The second-order valence-electron chi connectivity index (χ2n) is 4.49. The second kappa shape index (κ2) is 2.48. The maximum Gasteiger partial charge on any atom is 0.0920 e. The molecular weight excluding hydrogens is 136 g/mol. The van der Waals surface area contributed by atoms with Gasteiger partial charge in [-0.05, 0) is 32.1 Å². The van der Waals surface area contributed by atoms with Gasteiger partial charge < -0.3 is 4.74 Å². The van der Waals surface area contributed by atoms with Crippen molar-refractivity contribution in [1.29, 1.82) is 0 Å². The van der Waals surface area contributed by atoms with Gasteiger partial charge in [0.05, 0.1) is 11.7 Å². The predicted octanol–water partition coefficient (Wildman–Crippen LogP) is 2.74. The molecule has 0 aromatic rings. The number of hydrogen-bond donors (Lipinski definition) is 0. The van der Waals surface area contributed by atoms with E-state index < -0.39 is 0 Å². The van der Waals surface area contributed by atoms with Crippen LogP contribution in [0.5, 0.6) is 0 Å². The fourth-order valence-electron chi connectivity index (χ4n) is 2.20. The number of fused-ring (bicyclic) bond motifs is 1. The Bertz CT molecular complexity index is 155. The molecule has 0 aromatic heterocycles. The molecule has 1 heterocycles. The molecule has 0 amide bonds. The number of hydrogen-bond acceptors (Lipinski definition) is 1. The van der Waals surface area contributed by atoms with Crippen LogP contribution in [-0.4, -0.2) is 11.7 Å². The van der Waals surface area contributed by atoms with Crippen LogP contribution in [0.15, 0.2) is 0 Å². The third-order valence-corrected chi connectivity index (χ3v) is 3.33. The Kier molecular flexibility index (Phi) is 1.71. The van der Waals surface area contributed by atoms with Gasteiger partial charge in [-0.1, -0.05) is 19.8 Å². The van der Waals surface area contributed by atoms with Crippen LogP contribution in [0.3, 0.4) is 0 Å². The van der Waals surface area contributed by atoms with Crippen LogP contribution in [-0.2, 0) is 4.74 Å². The van der Waals surface area contributed by atoms with E-state index in [0.29, 0.717) is 11.7 Å². The van der Waals surface area contributed by atoms with Crippen molar-refractivity contribution in [1.82, 2.24) is 0 Å². The maximum absolute atomic E-state index is 5.67. The van der Waals surface area contributed by atoms with E-state index in [-0.39, 0.29) is 0 Å². The third kappa shape index (κ3) is 1.44. The first-order chi connectivity index (χ1) is 5.21. The van der Waals surface area contributed by atoms with Gasteiger partial charge in [0.25, 0.3) is 0 Å². The quantitative estimate of drug-likeness (QED) is 0.489. The van der Waals surface area contributed by atoms with E-state index in [9.17, 15) is 0 Å². The molecule has 3 atom stereocenters. The zero-order chi connectivity index (χ0) is 7.90. The lowest BCUT2D eigenvalue weighted by Crippen LogP contribution is -2.14. The van der Waals surface area contributed by atoms with Gasteiger partial charge in [-0.3, -0.25) is 0 Å². The highest BCUT2D eigenvalue weighted by Gasteiger charge is 2.51. The lowest BCUT2D eigenvalue weighted by molar-refractivity contribution is 0.286. The monoisotopic (exact) mass is 154 g/mol. The normalized spacial score (nSPS) is 50.7. The van der Waals surface area contributed by atoms with Crippen molar-refractivity contribution in [2.45, 2.75) is 57.7 Å². The van der Waals surface area contributed by atoms with Crippen LogP contribution in [0.1, 0.15) is 46.0 Å². The summed E-state index contributed by atoms with van der Waals surface area (Å²) in [5.41, 5.74) is 0.300. The summed E-state index contributed by atoms with van der Waals surface area (Å²) >= 11 is 0. The summed E-state index contributed by atoms with van der Waals surface area (Å²) in [6.07, 6.45) is 7.37. The molecular formula is C10H18O. The summed E-state index contributed by atoms with van der Waals surface area (Å²) in [7, 11) is 0. The minimum absolute atomic E-state index is 0.300. The lowest BCUT2D eigenvalue weighted by atomic mass is 9.87. The van der Waals surface area contributed by atoms with Crippen LogP contribution < -0.4 is 0 Å². The smallest absolute Gasteiger partial charge is 0.0920 e. The molecule has 2 rings (SSSR count). The standard InChI is InChI=1S/C10H18O/c1-8-4-3-5-9-10(2,11-9)7-6-8/h8-9H,3-7H2,1-2H3. The first kappa shape index (κ1) is 7.60. The molecule has 0 aromatic carbocycles. The first-order valence-electron chi connectivity index (χ1n) is 4.88. The van der Waals surface area contributed by atoms with E-state index in [1.165, 1.54) is 32.1 Å². The Balaban J connectivity index is 1.92. The minimum atomic E-state index is 0.300. The van der Waals surface area contributed by atoms with Crippen molar-refractivity contribution in [2.24, 2.45) is 5.92 Å². The van der Waals surface area contributed by atoms with Crippen LogP contribution in [0.25, 0.3) is 0 Å². The summed E-state index contributed by atoms with van der Waals surface area (Å²) < 4.78 is 5.67. The average molecular weight is 154 g/mol. The molecule has 1 aliphatic carbocycles. The molecule has 64 valence electrons. The van der Waals surface area contributed by atoms with Gasteiger partial charge in [-0.2, -0.15) is 0 Å². The highest BCUT2D eigenvalue weighted by Crippen LogP contribution is 2.45. The van der Waals surface area contributed by atoms with Crippen molar-refractivity contribution in [3.63, 3.8) is 0 Å². The lowest BCUT2D eigenvalue weighted by Gasteiger charge is -2.15. The van der Waals surface area contributed by atoms with E-state index in [1.807, 2.05) is 0 Å². The largest absolute Gasteiger partial charge is 0.366 e. The summed E-state index contributed by atoms with van der Waals surface area (Å²) in [5, 5.41) is 0. The molecule has 1 nitrogen and oxygen atoms in total. The number of ether oxygens (including phenoxy) is 1. The van der Waals surface area contributed by atoms with Crippen molar-refractivity contribution >= 4 is 0 Å². The van der Waals surface area contributed by atoms with Gasteiger partial charge in [-0.25, -0.2) is 0 Å². The molecule has 0 radical (unpaired) electrons. The Hall–Kier alpha value is -0.0400. The van der Waals surface area contributed by atoms with E-state index >= 15 is 0 Å². The average Bonchev–Trinajstić information content (AvgIpc) is 2.56. The van der Waals surface area contributed by atoms with Gasteiger partial charge in [-0.15, -0.1) is 0 Å². The topological polar surface area (TPSA) is 12.5 Å². The summed E-state index contributed by atoms with van der Waals surface area (Å²) in [4.78, 5) is 0. The predicted molar refractivity (Wildman–Crippen MR) is 45.5 cm³/mol. The molecule has 1 heteroatoms. The van der Waals surface area contributed by atoms with Crippen molar-refractivity contribution in [3.8, 4) is 0 Å². The van der Waals surface area contributed by atoms with Crippen molar-refractivity contribution < 1.29 is 4.74 Å². The molecule has 0 N–H and O–H groups in total. The molecule has 3 unspecified atom stereocenters. The molecule has 1 saturated carbocycles. The zero-order valence-corrected chi connectivity index (χ0v) is 7.60. The van der Waals surface area contributed by atoms with Crippen LogP contribution in [0, 0.1) is 5.92 Å². The Labute approximate surface area is 69.1 Å². The maximum atomic E-state index is 5.67.